The highest BCUT2D eigenvalue weighted by molar-refractivity contribution is 7.20. The average Bonchev–Trinajstić information content (AvgIpc) is 2.85. The Morgan fingerprint density at radius 3 is 2.37 bits per heavy atom. The van der Waals surface area contributed by atoms with Crippen molar-refractivity contribution in [3.05, 3.63) is 20.3 Å². The maximum Gasteiger partial charge on any atom is 0.303 e. The summed E-state index contributed by atoms with van der Waals surface area (Å²) in [4.78, 5) is 23.3. The molecule has 0 spiro atoms. The van der Waals surface area contributed by atoms with Crippen LogP contribution >= 0.6 is 34.5 Å². The van der Waals surface area contributed by atoms with Crippen molar-refractivity contribution in [2.45, 2.75) is 38.5 Å². The number of aliphatic carboxylic acids is 1. The first kappa shape index (κ1) is 14.8. The minimum absolute atomic E-state index is 0.0498. The van der Waals surface area contributed by atoms with Gasteiger partial charge in [0.1, 0.15) is 4.34 Å². The van der Waals surface area contributed by atoms with Gasteiger partial charge >= 0.3 is 5.97 Å². The largest absolute Gasteiger partial charge is 0.481 e. The Hall–Kier alpha value is -0.580. The number of carboxylic acids is 1. The summed E-state index contributed by atoms with van der Waals surface area (Å²) in [6.07, 6.45) is 3.85. The molecule has 1 fully saturated rings. The molecule has 0 unspecified atom stereocenters. The molecule has 0 bridgehead atoms. The van der Waals surface area contributed by atoms with Crippen LogP contribution in [0.4, 0.5) is 0 Å². The molecule has 0 radical (unpaired) electrons. The number of thiophene rings is 1. The Balaban J connectivity index is 2.15. The van der Waals surface area contributed by atoms with Crippen LogP contribution in [0.5, 0.6) is 0 Å². The summed E-state index contributed by atoms with van der Waals surface area (Å²) >= 11 is 13.0. The Labute approximate surface area is 125 Å². The molecule has 0 aliphatic heterocycles. The van der Waals surface area contributed by atoms with Crippen LogP contribution in [0.15, 0.2) is 6.07 Å². The molecule has 1 heterocycles. The van der Waals surface area contributed by atoms with E-state index in [1.165, 1.54) is 0 Å². The van der Waals surface area contributed by atoms with E-state index in [1.807, 2.05) is 0 Å². The number of Topliss-reactive ketones (excluding diaryl/α,β-unsaturated/α-hetero) is 1. The van der Waals surface area contributed by atoms with Crippen molar-refractivity contribution in [3.63, 3.8) is 0 Å². The van der Waals surface area contributed by atoms with Gasteiger partial charge in [-0.15, -0.1) is 11.3 Å². The van der Waals surface area contributed by atoms with Crippen LogP contribution in [-0.2, 0) is 4.79 Å². The van der Waals surface area contributed by atoms with Gasteiger partial charge in [-0.05, 0) is 24.3 Å². The average molecular weight is 321 g/mol. The lowest BCUT2D eigenvalue weighted by Crippen LogP contribution is -2.24. The first-order valence-corrected chi connectivity index (χ1v) is 7.69. The van der Waals surface area contributed by atoms with E-state index in [-0.39, 0.29) is 18.6 Å². The van der Waals surface area contributed by atoms with Gasteiger partial charge in [0, 0.05) is 12.0 Å². The monoisotopic (exact) mass is 320 g/mol. The van der Waals surface area contributed by atoms with E-state index in [2.05, 4.69) is 0 Å². The summed E-state index contributed by atoms with van der Waals surface area (Å²) in [5, 5.41) is 9.02. The number of halogens is 2. The summed E-state index contributed by atoms with van der Waals surface area (Å²) < 4.78 is 0.866. The van der Waals surface area contributed by atoms with Crippen LogP contribution in [-0.4, -0.2) is 16.9 Å². The topological polar surface area (TPSA) is 54.4 Å². The number of hydrogen-bond donors (Lipinski definition) is 1. The smallest absolute Gasteiger partial charge is 0.303 e. The van der Waals surface area contributed by atoms with E-state index < -0.39 is 11.4 Å². The third-order valence-electron chi connectivity index (χ3n) is 3.68. The molecule has 1 saturated carbocycles. The zero-order valence-electron chi connectivity index (χ0n) is 10.2. The predicted octanol–water partition coefficient (Wildman–Crippen LogP) is 4.66. The number of ketones is 1. The SMILES string of the molecule is O=C(O)CC1(CC(=O)c2cc(Cl)sc2Cl)CCCC1. The van der Waals surface area contributed by atoms with Crippen molar-refractivity contribution in [2.24, 2.45) is 5.41 Å². The van der Waals surface area contributed by atoms with Gasteiger partial charge in [0.15, 0.2) is 5.78 Å². The lowest BCUT2D eigenvalue weighted by Gasteiger charge is -2.26. The number of carbonyl (C=O) groups is 2. The molecule has 0 saturated heterocycles. The highest BCUT2D eigenvalue weighted by Gasteiger charge is 2.38. The van der Waals surface area contributed by atoms with Gasteiger partial charge in [-0.2, -0.15) is 0 Å². The first-order valence-electron chi connectivity index (χ1n) is 6.12. The van der Waals surface area contributed by atoms with Crippen LogP contribution in [0, 0.1) is 5.41 Å². The van der Waals surface area contributed by atoms with E-state index in [1.54, 1.807) is 6.07 Å². The van der Waals surface area contributed by atoms with E-state index >= 15 is 0 Å². The van der Waals surface area contributed by atoms with Crippen LogP contribution in [0.3, 0.4) is 0 Å². The molecular weight excluding hydrogens is 307 g/mol. The summed E-state index contributed by atoms with van der Waals surface area (Å²) in [6, 6.07) is 1.57. The fourth-order valence-corrected chi connectivity index (χ4v) is 4.33. The van der Waals surface area contributed by atoms with Crippen molar-refractivity contribution < 1.29 is 14.7 Å². The molecule has 1 aromatic heterocycles. The molecule has 1 aromatic rings. The zero-order valence-corrected chi connectivity index (χ0v) is 12.6. The van der Waals surface area contributed by atoms with E-state index in [9.17, 15) is 9.59 Å². The van der Waals surface area contributed by atoms with Gasteiger partial charge in [0.25, 0.3) is 0 Å². The van der Waals surface area contributed by atoms with Gasteiger partial charge in [-0.25, -0.2) is 0 Å². The summed E-state index contributed by atoms with van der Waals surface area (Å²) in [6.45, 7) is 0. The van der Waals surface area contributed by atoms with E-state index in [0.29, 0.717) is 14.2 Å². The van der Waals surface area contributed by atoms with Gasteiger partial charge in [-0.3, -0.25) is 9.59 Å². The molecule has 0 aromatic carbocycles. The Bertz CT molecular complexity index is 504. The standard InChI is InChI=1S/C13H14Cl2O3S/c14-10-5-8(12(15)19-10)9(16)6-13(7-11(17)18)3-1-2-4-13/h5H,1-4,6-7H2,(H,17,18). The quantitative estimate of drug-likeness (QED) is 0.802. The Morgan fingerprint density at radius 2 is 1.89 bits per heavy atom. The van der Waals surface area contributed by atoms with Crippen LogP contribution in [0.25, 0.3) is 0 Å². The summed E-state index contributed by atoms with van der Waals surface area (Å²) in [5.74, 6) is -0.944. The highest BCUT2D eigenvalue weighted by Crippen LogP contribution is 2.45. The normalized spacial score (nSPS) is 17.6. The molecule has 19 heavy (non-hydrogen) atoms. The third-order valence-corrected chi connectivity index (χ3v) is 5.17. The number of carbonyl (C=O) groups excluding carboxylic acids is 1. The molecule has 0 atom stereocenters. The Kier molecular flexibility index (Phi) is 4.54. The molecule has 6 heteroatoms. The lowest BCUT2D eigenvalue weighted by atomic mass is 9.77. The second-order valence-corrected chi connectivity index (χ2v) is 7.40. The number of hydrogen-bond acceptors (Lipinski definition) is 3. The van der Waals surface area contributed by atoms with Gasteiger partial charge in [-0.1, -0.05) is 36.0 Å². The lowest BCUT2D eigenvalue weighted by molar-refractivity contribution is -0.139. The minimum atomic E-state index is -0.843. The molecule has 104 valence electrons. The molecule has 2 rings (SSSR count). The summed E-state index contributed by atoms with van der Waals surface area (Å²) in [5.41, 5.74) is 0.0223. The maximum absolute atomic E-state index is 12.3. The van der Waals surface area contributed by atoms with Gasteiger partial charge < -0.3 is 5.11 Å². The summed E-state index contributed by atoms with van der Waals surface area (Å²) in [7, 11) is 0. The number of rotatable bonds is 5. The second kappa shape index (κ2) is 5.81. The second-order valence-electron chi connectivity index (χ2n) is 5.12. The highest BCUT2D eigenvalue weighted by atomic mass is 35.5. The Morgan fingerprint density at radius 1 is 1.26 bits per heavy atom. The van der Waals surface area contributed by atoms with Crippen molar-refractivity contribution in [1.29, 1.82) is 0 Å². The van der Waals surface area contributed by atoms with Crippen LogP contribution < -0.4 is 0 Å². The zero-order chi connectivity index (χ0) is 14.0. The van der Waals surface area contributed by atoms with E-state index in [4.69, 9.17) is 28.3 Å². The molecule has 0 amide bonds. The maximum atomic E-state index is 12.3. The van der Waals surface area contributed by atoms with Crippen molar-refractivity contribution in [3.8, 4) is 0 Å². The fraction of sp³-hybridized carbons (Fsp3) is 0.538. The van der Waals surface area contributed by atoms with Crippen LogP contribution in [0.1, 0.15) is 48.9 Å². The van der Waals surface area contributed by atoms with Crippen molar-refractivity contribution in [2.75, 3.05) is 0 Å². The molecular formula is C13H14Cl2O3S. The third kappa shape index (κ3) is 3.50. The van der Waals surface area contributed by atoms with E-state index in [0.717, 1.165) is 37.0 Å². The molecule has 1 aliphatic rings. The molecule has 1 N–H and O–H groups in total. The number of carboxylic acid groups (broad SMARTS) is 1. The van der Waals surface area contributed by atoms with Crippen molar-refractivity contribution >= 4 is 46.3 Å². The van der Waals surface area contributed by atoms with Crippen molar-refractivity contribution in [1.82, 2.24) is 0 Å². The predicted molar refractivity (Wildman–Crippen MR) is 76.4 cm³/mol. The minimum Gasteiger partial charge on any atom is -0.481 e. The first-order chi connectivity index (χ1) is 8.92. The molecule has 1 aliphatic carbocycles. The van der Waals surface area contributed by atoms with Gasteiger partial charge in [0.2, 0.25) is 0 Å². The van der Waals surface area contributed by atoms with Crippen LogP contribution in [0.2, 0.25) is 8.67 Å². The van der Waals surface area contributed by atoms with Gasteiger partial charge in [0.05, 0.1) is 10.8 Å². The fourth-order valence-electron chi connectivity index (χ4n) is 2.83. The molecule has 3 nitrogen and oxygen atoms in total.